The van der Waals surface area contributed by atoms with Crippen LogP contribution in [-0.2, 0) is 4.74 Å². The Kier molecular flexibility index (Phi) is 5.58. The molecule has 2 rings (SSSR count). The molecule has 3 heteroatoms. The first-order valence-corrected chi connectivity index (χ1v) is 6.99. The maximum atomic E-state index is 5.62. The number of nitrogens with zero attached hydrogens (tertiary/aromatic N) is 1. The molecule has 0 spiro atoms. The topological polar surface area (TPSA) is 24.5 Å². The van der Waals surface area contributed by atoms with Crippen LogP contribution in [0.3, 0.4) is 0 Å². The molecular formula is C16H24N2O. The first-order valence-electron chi connectivity index (χ1n) is 6.99. The second kappa shape index (κ2) is 7.43. The van der Waals surface area contributed by atoms with Gasteiger partial charge in [-0.15, -0.1) is 0 Å². The Morgan fingerprint density at radius 2 is 2.21 bits per heavy atom. The molecule has 104 valence electrons. The molecule has 1 aromatic rings. The van der Waals surface area contributed by atoms with E-state index in [1.54, 1.807) is 0 Å². The van der Waals surface area contributed by atoms with Gasteiger partial charge in [-0.2, -0.15) is 0 Å². The molecule has 0 bridgehead atoms. The van der Waals surface area contributed by atoms with Crippen LogP contribution in [0.25, 0.3) is 0 Å². The maximum Gasteiger partial charge on any atom is 0.0672 e. The van der Waals surface area contributed by atoms with E-state index in [2.05, 4.69) is 47.1 Å². The molecule has 1 saturated heterocycles. The van der Waals surface area contributed by atoms with Gasteiger partial charge in [-0.1, -0.05) is 42.5 Å². The molecule has 0 saturated carbocycles. The summed E-state index contributed by atoms with van der Waals surface area (Å²) in [6.45, 7) is 11.4. The maximum absolute atomic E-state index is 5.62. The summed E-state index contributed by atoms with van der Waals surface area (Å²) in [5.41, 5.74) is 2.47. The zero-order valence-corrected chi connectivity index (χ0v) is 11.8. The van der Waals surface area contributed by atoms with Crippen LogP contribution in [0.4, 0.5) is 0 Å². The highest BCUT2D eigenvalue weighted by Gasteiger charge is 2.22. The average Bonchev–Trinajstić information content (AvgIpc) is 2.45. The molecular weight excluding hydrogens is 236 g/mol. The van der Waals surface area contributed by atoms with Gasteiger partial charge in [0.05, 0.1) is 13.2 Å². The molecule has 1 unspecified atom stereocenters. The fourth-order valence-corrected chi connectivity index (χ4v) is 2.45. The highest BCUT2D eigenvalue weighted by Crippen LogP contribution is 2.21. The lowest BCUT2D eigenvalue weighted by Crippen LogP contribution is -2.47. The monoisotopic (exact) mass is 260 g/mol. The van der Waals surface area contributed by atoms with Crippen LogP contribution in [0.2, 0.25) is 0 Å². The van der Waals surface area contributed by atoms with Gasteiger partial charge in [-0.25, -0.2) is 0 Å². The largest absolute Gasteiger partial charge is 0.376 e. The fraction of sp³-hybridized carbons (Fsp3) is 0.500. The molecule has 0 radical (unpaired) electrons. The first-order chi connectivity index (χ1) is 9.27. The SMILES string of the molecule is C=C(C)COCCN1CCNCC1c1ccccc1. The lowest BCUT2D eigenvalue weighted by molar-refractivity contribution is 0.0870. The van der Waals surface area contributed by atoms with Crippen LogP contribution < -0.4 is 5.32 Å². The second-order valence-electron chi connectivity index (χ2n) is 5.18. The Morgan fingerprint density at radius 3 is 2.95 bits per heavy atom. The van der Waals surface area contributed by atoms with Crippen LogP contribution >= 0.6 is 0 Å². The Hall–Kier alpha value is -1.16. The van der Waals surface area contributed by atoms with Crippen molar-refractivity contribution in [3.05, 3.63) is 48.0 Å². The quantitative estimate of drug-likeness (QED) is 0.627. The lowest BCUT2D eigenvalue weighted by Gasteiger charge is -2.36. The molecule has 1 heterocycles. The van der Waals surface area contributed by atoms with Crippen LogP contribution in [0, 0.1) is 0 Å². The van der Waals surface area contributed by atoms with Gasteiger partial charge in [0, 0.05) is 32.2 Å². The van der Waals surface area contributed by atoms with Crippen LogP contribution in [0.5, 0.6) is 0 Å². The molecule has 0 amide bonds. The summed E-state index contributed by atoms with van der Waals surface area (Å²) in [4.78, 5) is 2.50. The highest BCUT2D eigenvalue weighted by molar-refractivity contribution is 5.20. The molecule has 1 N–H and O–H groups in total. The summed E-state index contributed by atoms with van der Waals surface area (Å²) in [5, 5.41) is 3.48. The molecule has 19 heavy (non-hydrogen) atoms. The summed E-state index contributed by atoms with van der Waals surface area (Å²) in [6.07, 6.45) is 0. The third kappa shape index (κ3) is 4.46. The molecule has 1 aliphatic heterocycles. The number of ether oxygens (including phenoxy) is 1. The van der Waals surface area contributed by atoms with Crippen molar-refractivity contribution in [2.45, 2.75) is 13.0 Å². The Morgan fingerprint density at radius 1 is 1.42 bits per heavy atom. The minimum Gasteiger partial charge on any atom is -0.376 e. The van der Waals surface area contributed by atoms with E-state index in [1.165, 1.54) is 5.56 Å². The second-order valence-corrected chi connectivity index (χ2v) is 5.18. The van der Waals surface area contributed by atoms with Gasteiger partial charge in [0.1, 0.15) is 0 Å². The molecule has 0 aliphatic carbocycles. The van der Waals surface area contributed by atoms with Crippen LogP contribution in [0.15, 0.2) is 42.5 Å². The number of nitrogens with one attached hydrogen (secondary N) is 1. The van der Waals surface area contributed by atoms with Crippen molar-refractivity contribution < 1.29 is 4.74 Å². The van der Waals surface area contributed by atoms with Gasteiger partial charge in [-0.3, -0.25) is 4.90 Å². The van der Waals surface area contributed by atoms with E-state index in [0.717, 1.165) is 38.4 Å². The normalized spacial score (nSPS) is 20.4. The minimum absolute atomic E-state index is 0.461. The predicted octanol–water partition coefficient (Wildman–Crippen LogP) is 2.23. The van der Waals surface area contributed by atoms with Crippen molar-refractivity contribution in [3.63, 3.8) is 0 Å². The van der Waals surface area contributed by atoms with Gasteiger partial charge < -0.3 is 10.1 Å². The molecule has 1 aliphatic rings. The van der Waals surface area contributed by atoms with Gasteiger partial charge in [-0.05, 0) is 12.5 Å². The summed E-state index contributed by atoms with van der Waals surface area (Å²) in [5.74, 6) is 0. The summed E-state index contributed by atoms with van der Waals surface area (Å²) < 4.78 is 5.62. The van der Waals surface area contributed by atoms with Crippen LogP contribution in [-0.4, -0.2) is 44.3 Å². The first kappa shape index (κ1) is 14.3. The average molecular weight is 260 g/mol. The van der Waals surface area contributed by atoms with E-state index in [9.17, 15) is 0 Å². The standard InChI is InChI=1S/C16H24N2O/c1-14(2)13-19-11-10-18-9-8-17-12-16(18)15-6-4-3-5-7-15/h3-7,16-17H,1,8-13H2,2H3. The molecule has 0 aromatic heterocycles. The zero-order chi connectivity index (χ0) is 13.5. The van der Waals surface area contributed by atoms with Gasteiger partial charge in [0.15, 0.2) is 0 Å². The molecule has 1 atom stereocenters. The number of rotatable bonds is 6. The van der Waals surface area contributed by atoms with Crippen molar-refractivity contribution in [2.24, 2.45) is 0 Å². The zero-order valence-electron chi connectivity index (χ0n) is 11.8. The van der Waals surface area contributed by atoms with E-state index < -0.39 is 0 Å². The van der Waals surface area contributed by atoms with Crippen molar-refractivity contribution in [1.82, 2.24) is 10.2 Å². The smallest absolute Gasteiger partial charge is 0.0672 e. The van der Waals surface area contributed by atoms with Crippen molar-refractivity contribution in [3.8, 4) is 0 Å². The van der Waals surface area contributed by atoms with Gasteiger partial charge in [0.25, 0.3) is 0 Å². The van der Waals surface area contributed by atoms with Crippen LogP contribution in [0.1, 0.15) is 18.5 Å². The molecule has 1 aromatic carbocycles. The van der Waals surface area contributed by atoms with Gasteiger partial charge in [0.2, 0.25) is 0 Å². The van der Waals surface area contributed by atoms with E-state index in [0.29, 0.717) is 12.6 Å². The highest BCUT2D eigenvalue weighted by atomic mass is 16.5. The van der Waals surface area contributed by atoms with E-state index in [4.69, 9.17) is 4.74 Å². The van der Waals surface area contributed by atoms with E-state index in [1.807, 2.05) is 6.92 Å². The van der Waals surface area contributed by atoms with Gasteiger partial charge >= 0.3 is 0 Å². The Labute approximate surface area is 116 Å². The molecule has 3 nitrogen and oxygen atoms in total. The summed E-state index contributed by atoms with van der Waals surface area (Å²) in [7, 11) is 0. The number of benzene rings is 1. The Bertz CT molecular complexity index is 391. The molecule has 1 fully saturated rings. The number of piperazine rings is 1. The third-order valence-electron chi connectivity index (χ3n) is 3.41. The Balaban J connectivity index is 1.87. The fourth-order valence-electron chi connectivity index (χ4n) is 2.45. The lowest BCUT2D eigenvalue weighted by atomic mass is 10.0. The van der Waals surface area contributed by atoms with Crippen molar-refractivity contribution >= 4 is 0 Å². The summed E-state index contributed by atoms with van der Waals surface area (Å²) >= 11 is 0. The number of hydrogen-bond donors (Lipinski definition) is 1. The van der Waals surface area contributed by atoms with E-state index in [-0.39, 0.29) is 0 Å². The predicted molar refractivity (Wildman–Crippen MR) is 79.3 cm³/mol. The third-order valence-corrected chi connectivity index (χ3v) is 3.41. The minimum atomic E-state index is 0.461. The van der Waals surface area contributed by atoms with Crippen molar-refractivity contribution in [1.29, 1.82) is 0 Å². The van der Waals surface area contributed by atoms with Crippen molar-refractivity contribution in [2.75, 3.05) is 39.4 Å². The number of hydrogen-bond acceptors (Lipinski definition) is 3. The summed E-state index contributed by atoms with van der Waals surface area (Å²) in [6, 6.07) is 11.2. The van der Waals surface area contributed by atoms with E-state index >= 15 is 0 Å².